The maximum Gasteiger partial charge on any atom is 0.410 e. The highest BCUT2D eigenvalue weighted by Gasteiger charge is 2.45. The minimum absolute atomic E-state index is 0.0792. The molecule has 1 aromatic carbocycles. The number of amides is 1. The highest BCUT2D eigenvalue weighted by atomic mass is 32.2. The molecule has 3 heterocycles. The number of aromatic nitrogens is 2. The number of nitrogens with zero attached hydrogens (tertiary/aromatic N) is 4. The molecule has 200 valence electrons. The van der Waals surface area contributed by atoms with Gasteiger partial charge in [0.1, 0.15) is 23.8 Å². The molecule has 2 aromatic rings. The molecule has 3 atom stereocenters. The van der Waals surface area contributed by atoms with Crippen molar-refractivity contribution in [2.75, 3.05) is 18.1 Å². The number of fused-ring (bicyclic) bond motifs is 3. The molecule has 14 heteroatoms. The molecule has 0 spiro atoms. The minimum atomic E-state index is -3.64. The van der Waals surface area contributed by atoms with Crippen molar-refractivity contribution in [1.29, 1.82) is 0 Å². The molecule has 2 saturated heterocycles. The van der Waals surface area contributed by atoms with Crippen LogP contribution >= 0.6 is 0 Å². The second kappa shape index (κ2) is 9.72. The Balaban J connectivity index is 1.54. The molecular weight excluding hydrogens is 509 g/mol. The van der Waals surface area contributed by atoms with Crippen LogP contribution in [0.4, 0.5) is 26.4 Å². The third kappa shape index (κ3) is 5.89. The second-order valence-electron chi connectivity index (χ2n) is 10.2. The summed E-state index contributed by atoms with van der Waals surface area (Å²) < 4.78 is 49.4. The van der Waals surface area contributed by atoms with Gasteiger partial charge in [-0.2, -0.15) is 4.98 Å². The lowest BCUT2D eigenvalue weighted by atomic mass is 9.78. The van der Waals surface area contributed by atoms with Crippen molar-refractivity contribution >= 4 is 33.1 Å². The molecule has 1 aromatic heterocycles. The lowest BCUT2D eigenvalue weighted by Gasteiger charge is -2.48. The van der Waals surface area contributed by atoms with Gasteiger partial charge in [0.2, 0.25) is 5.82 Å². The van der Waals surface area contributed by atoms with Gasteiger partial charge in [0.25, 0.3) is 5.88 Å². The Bertz CT molecular complexity index is 1330. The number of anilines is 2. The fourth-order valence-corrected chi connectivity index (χ4v) is 5.19. The maximum absolute atomic E-state index is 14.6. The standard InChI is InChI=1S/C23H28FN5O7S/c1-23(2,3)36-22(30)28-11-13-5-6-14(28)9-18(13)35-21-19(29(31)32)20(25-12-26-21)27-17-8-7-15(10-16(17)24)37(4,33)34/h7-8,10,12-14,18H,5-6,9,11H2,1-4H3,(H,25,26,27). The molecule has 1 N–H and O–H groups in total. The summed E-state index contributed by atoms with van der Waals surface area (Å²) in [5, 5.41) is 14.5. The summed E-state index contributed by atoms with van der Waals surface area (Å²) in [5.41, 5.74) is -1.41. The summed E-state index contributed by atoms with van der Waals surface area (Å²) in [5.74, 6) is -1.59. The number of hydrogen-bond acceptors (Lipinski definition) is 10. The Kier molecular flexibility index (Phi) is 6.97. The van der Waals surface area contributed by atoms with Crippen LogP contribution in [0.1, 0.15) is 40.0 Å². The number of carbonyl (C=O) groups excluding carboxylic acids is 1. The lowest BCUT2D eigenvalue weighted by Crippen LogP contribution is -2.58. The molecule has 1 saturated carbocycles. The van der Waals surface area contributed by atoms with E-state index in [1.54, 1.807) is 25.7 Å². The van der Waals surface area contributed by atoms with Gasteiger partial charge in [0, 0.05) is 31.2 Å². The van der Waals surface area contributed by atoms with Gasteiger partial charge in [-0.05, 0) is 51.8 Å². The van der Waals surface area contributed by atoms with Crippen LogP contribution in [0, 0.1) is 21.8 Å². The van der Waals surface area contributed by atoms with Crippen LogP contribution in [0.2, 0.25) is 0 Å². The molecule has 1 aliphatic carbocycles. The van der Waals surface area contributed by atoms with E-state index in [-0.39, 0.29) is 34.2 Å². The van der Waals surface area contributed by atoms with E-state index in [1.165, 1.54) is 6.07 Å². The van der Waals surface area contributed by atoms with Crippen LogP contribution in [0.25, 0.3) is 0 Å². The summed E-state index contributed by atoms with van der Waals surface area (Å²) in [6.45, 7) is 5.78. The zero-order chi connectivity index (χ0) is 27.1. The zero-order valence-corrected chi connectivity index (χ0v) is 21.6. The Morgan fingerprint density at radius 3 is 2.57 bits per heavy atom. The fraction of sp³-hybridized carbons (Fsp3) is 0.522. The van der Waals surface area contributed by atoms with Gasteiger partial charge >= 0.3 is 11.8 Å². The quantitative estimate of drug-likeness (QED) is 0.425. The number of nitro groups is 1. The largest absolute Gasteiger partial charge is 0.469 e. The van der Waals surface area contributed by atoms with E-state index in [4.69, 9.17) is 9.47 Å². The summed E-state index contributed by atoms with van der Waals surface area (Å²) in [4.78, 5) is 33.1. The van der Waals surface area contributed by atoms with Crippen molar-refractivity contribution in [2.24, 2.45) is 5.92 Å². The van der Waals surface area contributed by atoms with Crippen LogP contribution in [-0.2, 0) is 14.6 Å². The SMILES string of the molecule is CC(C)(C)OC(=O)N1CC2CCC1CC2Oc1ncnc(Nc2ccc(S(C)(=O)=O)cc2F)c1[N+](=O)[O-]. The van der Waals surface area contributed by atoms with Crippen molar-refractivity contribution in [3.63, 3.8) is 0 Å². The number of nitrogens with one attached hydrogen (secondary N) is 1. The van der Waals surface area contributed by atoms with Gasteiger partial charge in [0.15, 0.2) is 9.84 Å². The third-order valence-electron chi connectivity index (χ3n) is 6.26. The summed E-state index contributed by atoms with van der Waals surface area (Å²) in [7, 11) is -3.64. The first-order valence-electron chi connectivity index (χ1n) is 11.6. The van der Waals surface area contributed by atoms with Gasteiger partial charge in [0.05, 0.1) is 15.5 Å². The molecule has 2 bridgehead atoms. The predicted octanol–water partition coefficient (Wildman–Crippen LogP) is 3.84. The molecule has 3 unspecified atom stereocenters. The second-order valence-corrected chi connectivity index (χ2v) is 12.2. The molecule has 3 aliphatic rings. The summed E-state index contributed by atoms with van der Waals surface area (Å²) in [6, 6.07) is 3.02. The Hall–Kier alpha value is -3.55. The first-order valence-corrected chi connectivity index (χ1v) is 13.5. The van der Waals surface area contributed by atoms with Gasteiger partial charge in [-0.25, -0.2) is 22.6 Å². The number of ether oxygens (including phenoxy) is 2. The molecule has 3 fully saturated rings. The monoisotopic (exact) mass is 537 g/mol. The van der Waals surface area contributed by atoms with E-state index in [9.17, 15) is 27.7 Å². The van der Waals surface area contributed by atoms with Crippen LogP contribution in [0.3, 0.4) is 0 Å². The predicted molar refractivity (Wildman–Crippen MR) is 130 cm³/mol. The van der Waals surface area contributed by atoms with Gasteiger partial charge in [-0.1, -0.05) is 0 Å². The van der Waals surface area contributed by atoms with Crippen molar-refractivity contribution in [1.82, 2.24) is 14.9 Å². The van der Waals surface area contributed by atoms with Gasteiger partial charge in [-0.15, -0.1) is 0 Å². The number of carbonyl (C=O) groups is 1. The Labute approximate surface area is 213 Å². The number of halogens is 1. The average Bonchev–Trinajstić information content (AvgIpc) is 2.79. The lowest BCUT2D eigenvalue weighted by molar-refractivity contribution is -0.385. The van der Waals surface area contributed by atoms with E-state index in [0.29, 0.717) is 13.0 Å². The van der Waals surface area contributed by atoms with E-state index in [1.807, 2.05) is 0 Å². The van der Waals surface area contributed by atoms with E-state index < -0.39 is 44.1 Å². The number of sulfone groups is 1. The van der Waals surface area contributed by atoms with E-state index in [2.05, 4.69) is 15.3 Å². The minimum Gasteiger partial charge on any atom is -0.469 e. The van der Waals surface area contributed by atoms with Crippen LogP contribution < -0.4 is 10.1 Å². The normalized spacial score (nSPS) is 21.4. The molecule has 12 nitrogen and oxygen atoms in total. The molecule has 2 aliphatic heterocycles. The Morgan fingerprint density at radius 1 is 1.27 bits per heavy atom. The van der Waals surface area contributed by atoms with E-state index in [0.717, 1.165) is 37.6 Å². The number of benzene rings is 1. The molecule has 37 heavy (non-hydrogen) atoms. The fourth-order valence-electron chi connectivity index (χ4n) is 4.56. The zero-order valence-electron chi connectivity index (χ0n) is 20.8. The molecule has 5 rings (SSSR count). The van der Waals surface area contributed by atoms with Crippen LogP contribution in [0.5, 0.6) is 5.88 Å². The number of hydrogen-bond donors (Lipinski definition) is 1. The molecule has 1 amide bonds. The van der Waals surface area contributed by atoms with Crippen LogP contribution in [-0.4, -0.2) is 64.8 Å². The average molecular weight is 538 g/mol. The summed E-state index contributed by atoms with van der Waals surface area (Å²) >= 11 is 0. The highest BCUT2D eigenvalue weighted by molar-refractivity contribution is 7.90. The van der Waals surface area contributed by atoms with E-state index >= 15 is 0 Å². The maximum atomic E-state index is 14.6. The summed E-state index contributed by atoms with van der Waals surface area (Å²) in [6.07, 6.45) is 3.17. The van der Waals surface area contributed by atoms with Crippen LogP contribution in [0.15, 0.2) is 29.4 Å². The van der Waals surface area contributed by atoms with Crippen molar-refractivity contribution < 1.29 is 32.0 Å². The van der Waals surface area contributed by atoms with Crippen molar-refractivity contribution in [3.8, 4) is 5.88 Å². The molecular formula is C23H28FN5O7S. The molecule has 0 radical (unpaired) electrons. The first kappa shape index (κ1) is 26.5. The first-order chi connectivity index (χ1) is 17.2. The smallest absolute Gasteiger partial charge is 0.410 e. The van der Waals surface area contributed by atoms with Gasteiger partial charge in [-0.3, -0.25) is 10.1 Å². The highest BCUT2D eigenvalue weighted by Crippen LogP contribution is 2.41. The van der Waals surface area contributed by atoms with Gasteiger partial charge < -0.3 is 19.7 Å². The topological polar surface area (TPSA) is 154 Å². The van der Waals surface area contributed by atoms with Crippen molar-refractivity contribution in [3.05, 3.63) is 40.5 Å². The van der Waals surface area contributed by atoms with Crippen molar-refractivity contribution in [2.45, 2.75) is 62.7 Å². The number of piperidine rings is 2. The number of rotatable bonds is 6. The third-order valence-corrected chi connectivity index (χ3v) is 7.37. The Morgan fingerprint density at radius 2 is 2.00 bits per heavy atom.